The second-order valence-electron chi connectivity index (χ2n) is 0.577. The molecule has 0 heterocycles. The van der Waals surface area contributed by atoms with Gasteiger partial charge in [0.2, 0.25) is 0 Å². The molecule has 1 heteroatoms. The van der Waals surface area contributed by atoms with Crippen LogP contribution in [-0.4, -0.2) is 7.11 Å². The minimum Gasteiger partial charge on any atom is -0.240 e. The zero-order valence-corrected chi connectivity index (χ0v) is 3.99. The van der Waals surface area contributed by atoms with Crippen LogP contribution < -0.4 is 0 Å². The van der Waals surface area contributed by atoms with E-state index in [2.05, 4.69) is 0 Å². The van der Waals surface area contributed by atoms with E-state index in [1.807, 2.05) is 20.3 Å². The van der Waals surface area contributed by atoms with Crippen LogP contribution in [0.15, 0.2) is 0 Å². The van der Waals surface area contributed by atoms with Gasteiger partial charge in [-0.05, 0) is 6.42 Å². The maximum atomic E-state index is 8.25. The molecular formula is C4H10O. The molecule has 0 fully saturated rings. The zero-order valence-electron chi connectivity index (χ0n) is 3.99. The van der Waals surface area contributed by atoms with E-state index < -0.39 is 0 Å². The summed E-state index contributed by atoms with van der Waals surface area (Å²) in [5.41, 5.74) is 0. The Hall–Kier alpha value is -0.0400. The first-order chi connectivity index (χ1) is 2.41. The number of rotatable bonds is 0. The second-order valence-corrected chi connectivity index (χ2v) is 0.577. The van der Waals surface area contributed by atoms with Crippen LogP contribution in [0.4, 0.5) is 0 Å². The van der Waals surface area contributed by atoms with Gasteiger partial charge in [-0.25, -0.2) is 5.11 Å². The van der Waals surface area contributed by atoms with E-state index in [1.54, 1.807) is 0 Å². The van der Waals surface area contributed by atoms with E-state index in [9.17, 15) is 0 Å². The molecule has 0 aromatic rings. The Labute approximate surface area is 33.6 Å². The summed E-state index contributed by atoms with van der Waals surface area (Å²) in [5.74, 6) is 0. The van der Waals surface area contributed by atoms with Gasteiger partial charge in [-0.1, -0.05) is 13.8 Å². The van der Waals surface area contributed by atoms with Gasteiger partial charge in [0.15, 0.2) is 0 Å². The fourth-order valence-electron chi connectivity index (χ4n) is 0. The quantitative estimate of drug-likeness (QED) is 0.412. The summed E-state index contributed by atoms with van der Waals surface area (Å²) < 4.78 is 0. The van der Waals surface area contributed by atoms with Gasteiger partial charge in [0.25, 0.3) is 0 Å². The van der Waals surface area contributed by atoms with Crippen LogP contribution in [0, 0.1) is 6.42 Å². The van der Waals surface area contributed by atoms with Gasteiger partial charge in [0.05, 0.1) is 7.11 Å². The van der Waals surface area contributed by atoms with Gasteiger partial charge in [0, 0.05) is 0 Å². The third-order valence-corrected chi connectivity index (χ3v) is 0. The fraction of sp³-hybridized carbons (Fsp3) is 0.750. The first-order valence-electron chi connectivity index (χ1n) is 1.56. The average molecular weight is 74.1 g/mol. The number of hydrogen-bond donors (Lipinski definition) is 0. The Bertz CT molecular complexity index is 3.61. The summed E-state index contributed by atoms with van der Waals surface area (Å²) in [5, 5.41) is 8.25. The van der Waals surface area contributed by atoms with Crippen molar-refractivity contribution in [2.75, 3.05) is 7.11 Å². The lowest BCUT2D eigenvalue weighted by Crippen LogP contribution is -1.30. The molecule has 0 unspecified atom stereocenters. The molecule has 32 valence electrons. The highest BCUT2D eigenvalue weighted by Crippen LogP contribution is 1.53. The van der Waals surface area contributed by atoms with Gasteiger partial charge in [-0.2, -0.15) is 0 Å². The van der Waals surface area contributed by atoms with Crippen LogP contribution in [0.25, 0.3) is 0 Å². The van der Waals surface area contributed by atoms with E-state index in [4.69, 9.17) is 5.11 Å². The van der Waals surface area contributed by atoms with Crippen LogP contribution in [-0.2, 0) is 5.11 Å². The Kier molecular flexibility index (Phi) is 66.8. The Balaban J connectivity index is 0. The summed E-state index contributed by atoms with van der Waals surface area (Å²) in [6, 6.07) is 0. The lowest BCUT2D eigenvalue weighted by molar-refractivity contribution is 0.282. The standard InChI is InChI=1S/C3H7.CH3O/c1-3-2;1-2/h3H,1-2H3;1H3. The predicted molar refractivity (Wildman–Crippen MR) is 22.3 cm³/mol. The molecular weight excluding hydrogens is 64.0 g/mol. The van der Waals surface area contributed by atoms with Crippen molar-refractivity contribution in [3.05, 3.63) is 6.42 Å². The normalized spacial score (nSPS) is 4.80. The highest BCUT2D eigenvalue weighted by molar-refractivity contribution is 4.34. The van der Waals surface area contributed by atoms with Crippen molar-refractivity contribution < 1.29 is 5.11 Å². The predicted octanol–water partition coefficient (Wildman–Crippen LogP) is 1.28. The molecule has 0 aromatic carbocycles. The lowest BCUT2D eigenvalue weighted by atomic mass is 10.6. The molecule has 0 amide bonds. The van der Waals surface area contributed by atoms with Crippen molar-refractivity contribution in [1.29, 1.82) is 0 Å². The molecule has 0 bridgehead atoms. The molecule has 0 aliphatic rings. The molecule has 0 saturated heterocycles. The maximum Gasteiger partial charge on any atom is 0.0712 e. The monoisotopic (exact) mass is 74.1 g/mol. The topological polar surface area (TPSA) is 19.9 Å². The van der Waals surface area contributed by atoms with Crippen molar-refractivity contribution >= 4 is 0 Å². The van der Waals surface area contributed by atoms with Crippen molar-refractivity contribution in [3.8, 4) is 0 Å². The van der Waals surface area contributed by atoms with E-state index in [-0.39, 0.29) is 0 Å². The SMILES string of the molecule is C[CH]C.C[O]. The average Bonchev–Trinajstić information content (AvgIpc) is 1.46. The van der Waals surface area contributed by atoms with Gasteiger partial charge < -0.3 is 0 Å². The molecule has 0 aliphatic heterocycles. The van der Waals surface area contributed by atoms with Crippen LogP contribution in [0.2, 0.25) is 0 Å². The Morgan fingerprint density at radius 1 is 1.20 bits per heavy atom. The summed E-state index contributed by atoms with van der Waals surface area (Å²) in [6.45, 7) is 4.00. The molecule has 0 saturated carbocycles. The molecule has 5 heavy (non-hydrogen) atoms. The number of hydrogen-bond acceptors (Lipinski definition) is 0. The molecule has 2 radical (unpaired) electrons. The molecule has 0 rings (SSSR count). The molecule has 0 atom stereocenters. The van der Waals surface area contributed by atoms with E-state index in [1.165, 1.54) is 0 Å². The summed E-state index contributed by atoms with van der Waals surface area (Å²) >= 11 is 0. The maximum absolute atomic E-state index is 8.25. The fourth-order valence-corrected chi connectivity index (χ4v) is 0. The summed E-state index contributed by atoms with van der Waals surface area (Å²) in [7, 11) is 0.750. The van der Waals surface area contributed by atoms with Crippen molar-refractivity contribution in [2.45, 2.75) is 13.8 Å². The van der Waals surface area contributed by atoms with Crippen molar-refractivity contribution in [3.63, 3.8) is 0 Å². The summed E-state index contributed by atoms with van der Waals surface area (Å²) in [4.78, 5) is 0. The van der Waals surface area contributed by atoms with Gasteiger partial charge in [-0.3, -0.25) is 0 Å². The Morgan fingerprint density at radius 2 is 1.20 bits per heavy atom. The highest BCUT2D eigenvalue weighted by Gasteiger charge is 1.36. The van der Waals surface area contributed by atoms with Crippen molar-refractivity contribution in [2.24, 2.45) is 0 Å². The van der Waals surface area contributed by atoms with Gasteiger partial charge in [-0.15, -0.1) is 0 Å². The van der Waals surface area contributed by atoms with Gasteiger partial charge >= 0.3 is 0 Å². The smallest absolute Gasteiger partial charge is 0.0712 e. The first-order valence-corrected chi connectivity index (χ1v) is 1.56. The largest absolute Gasteiger partial charge is 0.240 e. The molecule has 0 spiro atoms. The molecule has 0 aliphatic carbocycles. The third-order valence-electron chi connectivity index (χ3n) is 0. The first kappa shape index (κ1) is 8.88. The highest BCUT2D eigenvalue weighted by atomic mass is 16.2. The van der Waals surface area contributed by atoms with Crippen molar-refractivity contribution in [1.82, 2.24) is 0 Å². The Morgan fingerprint density at radius 3 is 1.20 bits per heavy atom. The third kappa shape index (κ3) is 9510. The van der Waals surface area contributed by atoms with E-state index in [0.29, 0.717) is 0 Å². The second kappa shape index (κ2) is 37.6. The molecule has 0 aromatic heterocycles. The van der Waals surface area contributed by atoms with E-state index >= 15 is 0 Å². The summed E-state index contributed by atoms with van der Waals surface area (Å²) in [6.07, 6.45) is 2.00. The van der Waals surface area contributed by atoms with Crippen LogP contribution in [0.3, 0.4) is 0 Å². The van der Waals surface area contributed by atoms with Crippen LogP contribution in [0.1, 0.15) is 13.8 Å². The minimum absolute atomic E-state index is 0.750. The van der Waals surface area contributed by atoms with Crippen LogP contribution >= 0.6 is 0 Å². The zero-order chi connectivity index (χ0) is 4.71. The van der Waals surface area contributed by atoms with Gasteiger partial charge in [0.1, 0.15) is 0 Å². The minimum atomic E-state index is 0.750. The molecule has 1 nitrogen and oxygen atoms in total. The lowest BCUT2D eigenvalue weighted by Gasteiger charge is -1.47. The molecule has 0 N–H and O–H groups in total. The van der Waals surface area contributed by atoms with E-state index in [0.717, 1.165) is 7.11 Å². The van der Waals surface area contributed by atoms with Crippen LogP contribution in [0.5, 0.6) is 0 Å².